The van der Waals surface area contributed by atoms with E-state index in [-0.39, 0.29) is 77.1 Å². The van der Waals surface area contributed by atoms with Crippen molar-refractivity contribution in [2.75, 3.05) is 69.2 Å². The number of hydrogen-bond acceptors (Lipinski definition) is 7. The third-order valence-electron chi connectivity index (χ3n) is 19.7. The molecule has 0 radical (unpaired) electrons. The first-order valence-electron chi connectivity index (χ1n) is 36.7. The van der Waals surface area contributed by atoms with Gasteiger partial charge in [0.05, 0.1) is 39.5 Å². The lowest BCUT2D eigenvalue weighted by Crippen LogP contribution is -2.26. The number of aryl methyl sites for hydroxylation is 3. The Kier molecular flexibility index (Phi) is 43.0. The highest BCUT2D eigenvalue weighted by Gasteiger charge is 2.18. The lowest BCUT2D eigenvalue weighted by molar-refractivity contribution is -0.130. The number of benzene rings is 8. The second-order valence-corrected chi connectivity index (χ2v) is 26.6. The van der Waals surface area contributed by atoms with E-state index in [1.54, 1.807) is 28.4 Å². The molecule has 0 saturated heterocycles. The van der Waals surface area contributed by atoms with Gasteiger partial charge >= 0.3 is 0 Å². The molecule has 4 aromatic heterocycles. The average molecular weight is 1480 g/mol. The summed E-state index contributed by atoms with van der Waals surface area (Å²) in [6.07, 6.45) is 15.3. The number of rotatable bonds is 30. The van der Waals surface area contributed by atoms with E-state index in [9.17, 15) is 14.4 Å². The van der Waals surface area contributed by atoms with Crippen LogP contribution in [0.25, 0.3) is 87.2 Å². The van der Waals surface area contributed by atoms with Gasteiger partial charge in [-0.25, -0.2) is 0 Å². The minimum Gasteiger partial charge on any atom is -0.497 e. The second kappa shape index (κ2) is 48.1. The van der Waals surface area contributed by atoms with Crippen molar-refractivity contribution in [1.29, 1.82) is 0 Å². The van der Waals surface area contributed by atoms with Gasteiger partial charge in [-0.15, -0.1) is 0 Å². The van der Waals surface area contributed by atoms with Gasteiger partial charge in [0, 0.05) is 174 Å². The molecule has 0 fully saturated rings. The topological polar surface area (TPSA) is 118 Å². The molecule has 0 aliphatic rings. The number of ether oxygens (including phenoxy) is 4. The standard InChI is InChI=1S/2C24H32N2O3.C22H28N2O.C16H17N.8CH4/c1-5-14-25(2)24(27)9-7-6-8-15-26-22-12-10-18(28-3)16-20(22)21-17-19(29-4)11-13-23(21)26;1-5-14-25(2)24(27)9-7-6-8-15-26-22-16-18(28-3)10-12-20(22)21-13-11-19(29-4)17-23(21)26;1-3-16-23(2)22(25)15-5-4-10-17-24-20-13-8-6-11-18(20)19-12-7-9-14-21(19)24;1-3-12(2)17-15-10-6-4-8-13(15)14-9-5-7-11-16(14)17;;;;;;;;/h2*10-13,16-17H,5-9,14-15H2,1-4H3;6-9,11-14H,3-5,10,15-17H2,1-2H3;4-12H,3H2,1-2H3;8*1H4. The summed E-state index contributed by atoms with van der Waals surface area (Å²) in [7, 11) is 12.5. The summed E-state index contributed by atoms with van der Waals surface area (Å²) in [5, 5.41) is 10.2. The van der Waals surface area contributed by atoms with Crippen molar-refractivity contribution in [3.8, 4) is 23.0 Å². The molecule has 1 unspecified atom stereocenters. The van der Waals surface area contributed by atoms with Gasteiger partial charge in [0.15, 0.2) is 0 Å². The molecule has 12 rings (SSSR count). The van der Waals surface area contributed by atoms with Crippen LogP contribution >= 0.6 is 0 Å². The summed E-state index contributed by atoms with van der Waals surface area (Å²) < 4.78 is 31.4. The van der Waals surface area contributed by atoms with Crippen LogP contribution in [-0.2, 0) is 34.0 Å². The Morgan fingerprint density at radius 3 is 0.880 bits per heavy atom. The Bertz CT molecular complexity index is 4400. The molecular weight excluding hydrogens is 1340 g/mol. The van der Waals surface area contributed by atoms with Gasteiger partial charge in [-0.05, 0) is 156 Å². The maximum atomic E-state index is 12.1. The third-order valence-corrected chi connectivity index (χ3v) is 19.7. The van der Waals surface area contributed by atoms with Crippen molar-refractivity contribution in [1.82, 2.24) is 33.0 Å². The Balaban J connectivity index is 0.000000712. The quantitative estimate of drug-likeness (QED) is 0.0412. The van der Waals surface area contributed by atoms with Crippen molar-refractivity contribution in [3.05, 3.63) is 170 Å². The molecule has 0 saturated carbocycles. The van der Waals surface area contributed by atoms with Crippen molar-refractivity contribution < 1.29 is 33.3 Å². The number of fused-ring (bicyclic) bond motifs is 12. The molecule has 0 spiro atoms. The molecular formula is C94H141N7O7. The summed E-state index contributed by atoms with van der Waals surface area (Å²) in [5.41, 5.74) is 10.1. The van der Waals surface area contributed by atoms with E-state index in [1.165, 1.54) is 87.2 Å². The minimum atomic E-state index is 0. The van der Waals surface area contributed by atoms with E-state index in [0.29, 0.717) is 25.3 Å². The monoisotopic (exact) mass is 1480 g/mol. The van der Waals surface area contributed by atoms with E-state index in [0.717, 1.165) is 146 Å². The summed E-state index contributed by atoms with van der Waals surface area (Å²) in [6.45, 7) is 16.2. The number of carbonyl (C=O) groups is 3. The van der Waals surface area contributed by atoms with Crippen molar-refractivity contribution in [3.63, 3.8) is 0 Å². The first-order chi connectivity index (χ1) is 48.7. The van der Waals surface area contributed by atoms with Crippen LogP contribution in [0.1, 0.15) is 203 Å². The molecule has 14 heteroatoms. The van der Waals surface area contributed by atoms with Crippen LogP contribution in [0.5, 0.6) is 23.0 Å². The number of hydrogen-bond donors (Lipinski definition) is 0. The normalized spacial score (nSPS) is 10.7. The van der Waals surface area contributed by atoms with E-state index >= 15 is 0 Å². The number of carbonyl (C=O) groups excluding carboxylic acids is 3. The molecule has 3 amide bonds. The van der Waals surface area contributed by atoms with Crippen LogP contribution in [-0.4, -0.2) is 120 Å². The molecule has 12 aromatic rings. The van der Waals surface area contributed by atoms with Crippen molar-refractivity contribution in [2.24, 2.45) is 0 Å². The number of methoxy groups -OCH3 is 4. The predicted molar refractivity (Wildman–Crippen MR) is 472 cm³/mol. The molecule has 8 aromatic carbocycles. The Hall–Kier alpha value is -9.43. The highest BCUT2D eigenvalue weighted by atomic mass is 16.5. The van der Waals surface area contributed by atoms with Crippen LogP contribution in [0.15, 0.2) is 170 Å². The van der Waals surface area contributed by atoms with Gasteiger partial charge in [-0.2, -0.15) is 0 Å². The average Bonchev–Trinajstić information content (AvgIpc) is 1.63. The van der Waals surface area contributed by atoms with Crippen molar-refractivity contribution in [2.45, 2.75) is 222 Å². The number of aromatic nitrogens is 4. The maximum Gasteiger partial charge on any atom is 0.222 e. The minimum absolute atomic E-state index is 0. The van der Waals surface area contributed by atoms with Gasteiger partial charge in [-0.3, -0.25) is 14.4 Å². The highest BCUT2D eigenvalue weighted by Crippen LogP contribution is 2.38. The molecule has 1 atom stereocenters. The number of amides is 3. The Labute approximate surface area is 652 Å². The van der Waals surface area contributed by atoms with Gasteiger partial charge in [0.2, 0.25) is 17.7 Å². The molecule has 594 valence electrons. The van der Waals surface area contributed by atoms with Crippen LogP contribution < -0.4 is 18.9 Å². The number of unbranched alkanes of at least 4 members (excludes halogenated alkanes) is 6. The molecule has 4 heterocycles. The largest absolute Gasteiger partial charge is 0.497 e. The van der Waals surface area contributed by atoms with Gasteiger partial charge in [0.25, 0.3) is 0 Å². The second-order valence-electron chi connectivity index (χ2n) is 26.6. The van der Waals surface area contributed by atoms with E-state index in [2.05, 4.69) is 198 Å². The van der Waals surface area contributed by atoms with Gasteiger partial charge in [-0.1, -0.05) is 179 Å². The zero-order valence-electron chi connectivity index (χ0n) is 61.8. The lowest BCUT2D eigenvalue weighted by Gasteiger charge is -2.15. The molecule has 0 N–H and O–H groups in total. The summed E-state index contributed by atoms with van der Waals surface area (Å²) in [4.78, 5) is 41.7. The summed E-state index contributed by atoms with van der Waals surface area (Å²) >= 11 is 0. The SMILES string of the molecule is C.C.C.C.C.C.C.C.CCC(C)n1c2ccccc2c2ccccc21.CCCN(C)C(=O)CCCCCn1c2cc(OC)ccc2c2ccc(OC)cc21.CCCN(C)C(=O)CCCCCn1c2ccc(OC)cc2c2cc(OC)ccc21.CCCN(C)C(=O)CCCCCn1c2ccccc2c2ccccc21. The lowest BCUT2D eigenvalue weighted by atomic mass is 10.1. The number of para-hydroxylation sites is 4. The predicted octanol–water partition coefficient (Wildman–Crippen LogP) is 25.6. The zero-order chi connectivity index (χ0) is 71.1. The van der Waals surface area contributed by atoms with E-state index in [1.807, 2.05) is 60.1 Å². The fraction of sp³-hybridized carbons (Fsp3) is 0.457. The Morgan fingerprint density at radius 2 is 0.574 bits per heavy atom. The molecule has 0 aliphatic carbocycles. The fourth-order valence-electron chi connectivity index (χ4n) is 14.1. The van der Waals surface area contributed by atoms with Crippen molar-refractivity contribution >= 4 is 105 Å². The van der Waals surface area contributed by atoms with Crippen LogP contribution in [0.3, 0.4) is 0 Å². The summed E-state index contributed by atoms with van der Waals surface area (Å²) in [5.74, 6) is 4.21. The van der Waals surface area contributed by atoms with Crippen LogP contribution in [0.2, 0.25) is 0 Å². The van der Waals surface area contributed by atoms with E-state index in [4.69, 9.17) is 18.9 Å². The highest BCUT2D eigenvalue weighted by molar-refractivity contribution is 6.11. The van der Waals surface area contributed by atoms with Crippen LogP contribution in [0.4, 0.5) is 0 Å². The fourth-order valence-corrected chi connectivity index (χ4v) is 14.1. The van der Waals surface area contributed by atoms with Gasteiger partial charge in [0.1, 0.15) is 23.0 Å². The smallest absolute Gasteiger partial charge is 0.222 e. The summed E-state index contributed by atoms with van der Waals surface area (Å²) in [6, 6.07) is 60.1. The number of nitrogens with zero attached hydrogens (tertiary/aromatic N) is 7. The van der Waals surface area contributed by atoms with Crippen LogP contribution in [0, 0.1) is 0 Å². The van der Waals surface area contributed by atoms with E-state index < -0.39 is 0 Å². The first-order valence-corrected chi connectivity index (χ1v) is 36.7. The molecule has 14 nitrogen and oxygen atoms in total. The molecule has 108 heavy (non-hydrogen) atoms. The third kappa shape index (κ3) is 23.5. The molecule has 0 aliphatic heterocycles. The molecule has 0 bridgehead atoms. The van der Waals surface area contributed by atoms with Gasteiger partial charge < -0.3 is 51.9 Å². The Morgan fingerprint density at radius 1 is 0.315 bits per heavy atom. The maximum absolute atomic E-state index is 12.1. The zero-order valence-corrected chi connectivity index (χ0v) is 61.8. The first kappa shape index (κ1) is 96.6.